The molecular formula is C13H15N5O2. The topological polar surface area (TPSA) is 93.8 Å². The molecule has 0 radical (unpaired) electrons. The van der Waals surface area contributed by atoms with Gasteiger partial charge in [-0.15, -0.1) is 0 Å². The zero-order valence-electron chi connectivity index (χ0n) is 11.5. The predicted molar refractivity (Wildman–Crippen MR) is 73.0 cm³/mol. The zero-order valence-corrected chi connectivity index (χ0v) is 11.5. The van der Waals surface area contributed by atoms with Crippen molar-refractivity contribution >= 4 is 18.1 Å². The number of hydrogen-bond acceptors (Lipinski definition) is 5. The van der Waals surface area contributed by atoms with Gasteiger partial charge >= 0.3 is 5.97 Å². The number of aryl methyl sites for hydroxylation is 1. The first-order chi connectivity index (χ1) is 9.49. The highest BCUT2D eigenvalue weighted by molar-refractivity contribution is 5.88. The standard InChI is InChI=1S/C13H15N5O2/c1-8(2)12-9(13(19)20)6-14-10(17-12)4-5-11-15-7-16-18(11)3/h4-8H,1-3H3,(H,19,20)/b5-4+. The maximum Gasteiger partial charge on any atom is 0.339 e. The molecule has 2 rings (SSSR count). The Kier molecular flexibility index (Phi) is 3.88. The summed E-state index contributed by atoms with van der Waals surface area (Å²) in [6, 6.07) is 0. The molecule has 7 nitrogen and oxygen atoms in total. The average Bonchev–Trinajstić information content (AvgIpc) is 2.81. The maximum absolute atomic E-state index is 11.1. The van der Waals surface area contributed by atoms with E-state index in [1.165, 1.54) is 12.5 Å². The Morgan fingerprint density at radius 3 is 2.65 bits per heavy atom. The monoisotopic (exact) mass is 273 g/mol. The second-order valence-electron chi connectivity index (χ2n) is 4.56. The second-order valence-corrected chi connectivity index (χ2v) is 4.56. The molecule has 2 aromatic rings. The van der Waals surface area contributed by atoms with Crippen molar-refractivity contribution < 1.29 is 9.90 Å². The lowest BCUT2D eigenvalue weighted by Crippen LogP contribution is -2.08. The lowest BCUT2D eigenvalue weighted by molar-refractivity contribution is 0.0694. The molecule has 20 heavy (non-hydrogen) atoms. The van der Waals surface area contributed by atoms with Crippen molar-refractivity contribution in [2.75, 3.05) is 0 Å². The summed E-state index contributed by atoms with van der Waals surface area (Å²) in [6.45, 7) is 3.79. The van der Waals surface area contributed by atoms with Crippen LogP contribution in [0.3, 0.4) is 0 Å². The molecule has 0 aromatic carbocycles. The van der Waals surface area contributed by atoms with E-state index in [-0.39, 0.29) is 11.5 Å². The number of carboxylic acids is 1. The Morgan fingerprint density at radius 1 is 1.35 bits per heavy atom. The van der Waals surface area contributed by atoms with Crippen LogP contribution in [0.25, 0.3) is 12.2 Å². The van der Waals surface area contributed by atoms with Crippen LogP contribution < -0.4 is 0 Å². The lowest BCUT2D eigenvalue weighted by Gasteiger charge is -2.08. The molecule has 2 heterocycles. The molecule has 0 spiro atoms. The van der Waals surface area contributed by atoms with Crippen LogP contribution in [-0.2, 0) is 7.05 Å². The van der Waals surface area contributed by atoms with Crippen LogP contribution in [0.4, 0.5) is 0 Å². The highest BCUT2D eigenvalue weighted by atomic mass is 16.4. The minimum atomic E-state index is -1.02. The number of hydrogen-bond donors (Lipinski definition) is 1. The van der Waals surface area contributed by atoms with E-state index < -0.39 is 5.97 Å². The van der Waals surface area contributed by atoms with E-state index in [0.717, 1.165) is 0 Å². The number of carboxylic acid groups (broad SMARTS) is 1. The van der Waals surface area contributed by atoms with Crippen LogP contribution in [0.5, 0.6) is 0 Å². The molecule has 0 aliphatic rings. The molecule has 0 saturated carbocycles. The Balaban J connectivity index is 2.34. The lowest BCUT2D eigenvalue weighted by atomic mass is 10.1. The largest absolute Gasteiger partial charge is 0.478 e. The van der Waals surface area contributed by atoms with Gasteiger partial charge in [-0.3, -0.25) is 0 Å². The maximum atomic E-state index is 11.1. The number of nitrogens with zero attached hydrogens (tertiary/aromatic N) is 5. The summed E-state index contributed by atoms with van der Waals surface area (Å²) >= 11 is 0. The van der Waals surface area contributed by atoms with Crippen LogP contribution in [-0.4, -0.2) is 35.8 Å². The van der Waals surface area contributed by atoms with E-state index in [9.17, 15) is 4.79 Å². The molecule has 2 aromatic heterocycles. The fourth-order valence-corrected chi connectivity index (χ4v) is 1.70. The van der Waals surface area contributed by atoms with Gasteiger partial charge in [0.2, 0.25) is 0 Å². The normalized spacial score (nSPS) is 11.4. The van der Waals surface area contributed by atoms with Crippen LogP contribution in [0, 0.1) is 0 Å². The molecule has 104 valence electrons. The summed E-state index contributed by atoms with van der Waals surface area (Å²) in [7, 11) is 1.78. The van der Waals surface area contributed by atoms with Crippen molar-refractivity contribution in [1.29, 1.82) is 0 Å². The van der Waals surface area contributed by atoms with Gasteiger partial charge in [0.1, 0.15) is 6.33 Å². The third kappa shape index (κ3) is 2.87. The first kappa shape index (κ1) is 13.9. The van der Waals surface area contributed by atoms with Gasteiger partial charge in [-0.2, -0.15) is 5.10 Å². The van der Waals surface area contributed by atoms with Crippen molar-refractivity contribution in [3.63, 3.8) is 0 Å². The first-order valence-corrected chi connectivity index (χ1v) is 6.11. The second kappa shape index (κ2) is 5.60. The van der Waals surface area contributed by atoms with E-state index in [1.807, 2.05) is 13.8 Å². The molecule has 0 bridgehead atoms. The smallest absolute Gasteiger partial charge is 0.339 e. The summed E-state index contributed by atoms with van der Waals surface area (Å²) in [5.74, 6) is 0.104. The minimum absolute atomic E-state index is 0.00563. The van der Waals surface area contributed by atoms with Gasteiger partial charge in [-0.1, -0.05) is 13.8 Å². The highest BCUT2D eigenvalue weighted by Crippen LogP contribution is 2.17. The Bertz CT molecular complexity index is 661. The van der Waals surface area contributed by atoms with E-state index in [1.54, 1.807) is 23.9 Å². The van der Waals surface area contributed by atoms with Crippen LogP contribution in [0.1, 0.15) is 47.5 Å². The van der Waals surface area contributed by atoms with Gasteiger partial charge in [-0.25, -0.2) is 24.4 Å². The molecule has 0 aliphatic carbocycles. The van der Waals surface area contributed by atoms with Crippen molar-refractivity contribution in [1.82, 2.24) is 24.7 Å². The minimum Gasteiger partial charge on any atom is -0.478 e. The van der Waals surface area contributed by atoms with Gasteiger partial charge in [-0.05, 0) is 18.1 Å². The molecule has 1 N–H and O–H groups in total. The van der Waals surface area contributed by atoms with Crippen molar-refractivity contribution in [2.24, 2.45) is 7.05 Å². The molecule has 0 amide bonds. The molecule has 7 heteroatoms. The van der Waals surface area contributed by atoms with E-state index in [2.05, 4.69) is 20.1 Å². The quantitative estimate of drug-likeness (QED) is 0.909. The molecule has 0 saturated heterocycles. The molecule has 0 unspecified atom stereocenters. The summed E-state index contributed by atoms with van der Waals surface area (Å²) in [6.07, 6.45) is 6.20. The molecule has 0 aliphatic heterocycles. The zero-order chi connectivity index (χ0) is 14.7. The van der Waals surface area contributed by atoms with E-state index >= 15 is 0 Å². The Labute approximate surface area is 116 Å². The molecule has 0 fully saturated rings. The van der Waals surface area contributed by atoms with Crippen LogP contribution in [0.2, 0.25) is 0 Å². The van der Waals surface area contributed by atoms with Crippen LogP contribution >= 0.6 is 0 Å². The van der Waals surface area contributed by atoms with Crippen molar-refractivity contribution in [3.05, 3.63) is 35.4 Å². The summed E-state index contributed by atoms with van der Waals surface area (Å²) in [5, 5.41) is 13.1. The third-order valence-corrected chi connectivity index (χ3v) is 2.74. The van der Waals surface area contributed by atoms with Crippen molar-refractivity contribution in [2.45, 2.75) is 19.8 Å². The van der Waals surface area contributed by atoms with Gasteiger partial charge in [0.15, 0.2) is 11.6 Å². The number of rotatable bonds is 4. The highest BCUT2D eigenvalue weighted by Gasteiger charge is 2.15. The third-order valence-electron chi connectivity index (χ3n) is 2.74. The van der Waals surface area contributed by atoms with Crippen LogP contribution in [0.15, 0.2) is 12.5 Å². The van der Waals surface area contributed by atoms with Crippen molar-refractivity contribution in [3.8, 4) is 0 Å². The predicted octanol–water partition coefficient (Wildman–Crippen LogP) is 1.60. The van der Waals surface area contributed by atoms with E-state index in [4.69, 9.17) is 5.11 Å². The Hall–Kier alpha value is -2.57. The summed E-state index contributed by atoms with van der Waals surface area (Å²) < 4.78 is 1.62. The molecular weight excluding hydrogens is 258 g/mol. The SMILES string of the molecule is CC(C)c1nc(/C=C/c2ncnn2C)ncc1C(=O)O. The fourth-order valence-electron chi connectivity index (χ4n) is 1.70. The van der Waals surface area contributed by atoms with Gasteiger partial charge in [0.25, 0.3) is 0 Å². The molecule has 0 atom stereocenters. The first-order valence-electron chi connectivity index (χ1n) is 6.11. The number of carbonyl (C=O) groups is 1. The summed E-state index contributed by atoms with van der Waals surface area (Å²) in [4.78, 5) is 23.5. The number of aromatic nitrogens is 5. The Morgan fingerprint density at radius 2 is 2.10 bits per heavy atom. The van der Waals surface area contributed by atoms with Gasteiger partial charge in [0, 0.05) is 13.2 Å². The number of aromatic carboxylic acids is 1. The summed E-state index contributed by atoms with van der Waals surface area (Å²) in [5.41, 5.74) is 0.654. The average molecular weight is 273 g/mol. The fraction of sp³-hybridized carbons (Fsp3) is 0.308. The van der Waals surface area contributed by atoms with Gasteiger partial charge < -0.3 is 5.11 Å². The van der Waals surface area contributed by atoms with E-state index in [0.29, 0.717) is 17.3 Å². The van der Waals surface area contributed by atoms with Gasteiger partial charge in [0.05, 0.1) is 11.3 Å².